The summed E-state index contributed by atoms with van der Waals surface area (Å²) in [5, 5.41) is 0. The molecule has 3 saturated carbocycles. The zero-order valence-corrected chi connectivity index (χ0v) is 30.2. The number of fused-ring (bicyclic) bond motifs is 5. The second-order valence-electron chi connectivity index (χ2n) is 16.8. The first-order valence-corrected chi connectivity index (χ1v) is 20.0. The molecule has 4 aliphatic rings. The Morgan fingerprint density at radius 3 is 2.10 bits per heavy atom. The third-order valence-electron chi connectivity index (χ3n) is 14.0. The molecule has 8 atom stereocenters. The predicted molar refractivity (Wildman–Crippen MR) is 185 cm³/mol. The van der Waals surface area contributed by atoms with Crippen molar-refractivity contribution in [2.75, 3.05) is 0 Å². The summed E-state index contributed by atoms with van der Waals surface area (Å²) in [6.45, 7) is 27.1. The second kappa shape index (κ2) is 12.0. The molecule has 0 radical (unpaired) electrons. The van der Waals surface area contributed by atoms with Crippen molar-refractivity contribution in [3.8, 4) is 0 Å². The van der Waals surface area contributed by atoms with Gasteiger partial charge in [-0.2, -0.15) is 0 Å². The Hall–Kier alpha value is -1.12. The van der Waals surface area contributed by atoms with Gasteiger partial charge in [0.05, 0.1) is 0 Å². The van der Waals surface area contributed by atoms with Crippen molar-refractivity contribution >= 4 is 14.4 Å². The van der Waals surface area contributed by atoms with Crippen LogP contribution in [0.1, 0.15) is 130 Å². The fourth-order valence-corrected chi connectivity index (χ4v) is 17.4. The summed E-state index contributed by atoms with van der Waals surface area (Å²) < 4.78 is 7.38. The van der Waals surface area contributed by atoms with Crippen LogP contribution in [0.15, 0.2) is 35.9 Å². The molecule has 0 aromatic heterocycles. The Balaban J connectivity index is 1.32. The molecule has 0 unspecified atom stereocenters. The van der Waals surface area contributed by atoms with Crippen molar-refractivity contribution in [3.63, 3.8) is 0 Å². The number of rotatable bonds is 8. The van der Waals surface area contributed by atoms with E-state index < -0.39 is 8.32 Å². The quantitative estimate of drug-likeness (QED) is 0.217. The zero-order chi connectivity index (χ0) is 30.6. The monoisotopic (exact) mass is 588 g/mol. The lowest BCUT2D eigenvalue weighted by molar-refractivity contribution is -0.0533. The molecule has 4 aliphatic carbocycles. The molecule has 5 rings (SSSR count). The van der Waals surface area contributed by atoms with Gasteiger partial charge in [0.25, 0.3) is 0 Å². The van der Waals surface area contributed by atoms with Crippen molar-refractivity contribution in [3.05, 3.63) is 52.6 Å². The smallest absolute Gasteiger partial charge is 0.200 e. The van der Waals surface area contributed by atoms with Crippen LogP contribution in [0.3, 0.4) is 0 Å². The van der Waals surface area contributed by atoms with Crippen LogP contribution in [0.25, 0.3) is 6.08 Å². The molecule has 0 amide bonds. The van der Waals surface area contributed by atoms with Gasteiger partial charge in [0, 0.05) is 6.10 Å². The molecule has 0 heterocycles. The summed E-state index contributed by atoms with van der Waals surface area (Å²) in [5.74, 6) is 4.10. The van der Waals surface area contributed by atoms with Crippen LogP contribution in [0.5, 0.6) is 0 Å². The zero-order valence-electron chi connectivity index (χ0n) is 29.2. The summed E-state index contributed by atoms with van der Waals surface area (Å²) in [4.78, 5) is 0. The highest BCUT2D eigenvalue weighted by atomic mass is 28.4. The van der Waals surface area contributed by atoms with E-state index in [1.54, 1.807) is 5.57 Å². The average Bonchev–Trinajstić information content (AvgIpc) is 3.28. The maximum atomic E-state index is 7.38. The molecule has 0 spiro atoms. The van der Waals surface area contributed by atoms with E-state index in [-0.39, 0.29) is 0 Å². The summed E-state index contributed by atoms with van der Waals surface area (Å²) in [5.41, 5.74) is 8.90. The summed E-state index contributed by atoms with van der Waals surface area (Å²) in [7, 11) is -1.84. The van der Waals surface area contributed by atoms with Gasteiger partial charge in [0.2, 0.25) is 8.32 Å². The van der Waals surface area contributed by atoms with E-state index in [1.165, 1.54) is 68.1 Å². The lowest BCUT2D eigenvalue weighted by Crippen LogP contribution is -2.53. The molecule has 0 saturated heterocycles. The van der Waals surface area contributed by atoms with Gasteiger partial charge in [-0.25, -0.2) is 0 Å². The Labute approximate surface area is 261 Å². The maximum Gasteiger partial charge on any atom is 0.200 e. The molecule has 0 aliphatic heterocycles. The lowest BCUT2D eigenvalue weighted by atomic mass is 9.47. The Kier molecular flexibility index (Phi) is 9.22. The van der Waals surface area contributed by atoms with Crippen molar-refractivity contribution < 1.29 is 4.43 Å². The number of hydrogen-bond acceptors (Lipinski definition) is 1. The highest BCUT2D eigenvalue weighted by molar-refractivity contribution is 6.77. The molecule has 1 aromatic carbocycles. The first kappa shape index (κ1) is 32.3. The van der Waals surface area contributed by atoms with Crippen LogP contribution in [-0.2, 0) is 4.43 Å². The highest BCUT2D eigenvalue weighted by Crippen LogP contribution is 2.67. The summed E-state index contributed by atoms with van der Waals surface area (Å²) >= 11 is 0. The van der Waals surface area contributed by atoms with E-state index in [0.717, 1.165) is 23.7 Å². The Morgan fingerprint density at radius 1 is 0.833 bits per heavy atom. The van der Waals surface area contributed by atoms with Crippen LogP contribution >= 0.6 is 0 Å². The first-order valence-electron chi connectivity index (χ1n) is 17.9. The van der Waals surface area contributed by atoms with Crippen molar-refractivity contribution in [2.45, 2.75) is 150 Å². The van der Waals surface area contributed by atoms with Gasteiger partial charge in [0.1, 0.15) is 0 Å². The van der Waals surface area contributed by atoms with Crippen LogP contribution in [0.4, 0.5) is 0 Å². The normalized spacial score (nSPS) is 35.9. The molecule has 234 valence electrons. The third kappa shape index (κ3) is 5.27. The van der Waals surface area contributed by atoms with Crippen LogP contribution in [0, 0.1) is 54.3 Å². The standard InChI is InChI=1S/C40H64OSi/c1-26(2)42(27(3)4,28(5)6)41-33-21-23-39(10)32(25-33)16-18-35-37-20-19-36(40(37,11)24-22-38(35)39)31(9)15-17-34-29(7)13-12-14-30(34)8/h12-17,26-28,31,33,35-38H,18-25H2,1-11H3/b17-15+/t31-,33+,35+,36-,37+,38+,39+,40-/m1/s1. The van der Waals surface area contributed by atoms with Crippen LogP contribution < -0.4 is 0 Å². The van der Waals surface area contributed by atoms with Gasteiger partial charge in [-0.05, 0) is 139 Å². The Bertz CT molecular complexity index is 1130. The summed E-state index contributed by atoms with van der Waals surface area (Å²) in [6.07, 6.45) is 19.1. The van der Waals surface area contributed by atoms with Gasteiger partial charge < -0.3 is 4.43 Å². The largest absolute Gasteiger partial charge is 0.413 e. The fraction of sp³-hybridized carbons (Fsp3) is 0.750. The molecular formula is C40H64OSi. The number of hydrogen-bond donors (Lipinski definition) is 0. The molecule has 1 aromatic rings. The van der Waals surface area contributed by atoms with Gasteiger partial charge >= 0.3 is 0 Å². The lowest BCUT2D eigenvalue weighted by Gasteiger charge is -2.59. The molecule has 3 fully saturated rings. The molecule has 0 bridgehead atoms. The molecule has 42 heavy (non-hydrogen) atoms. The minimum absolute atomic E-state index is 0.397. The third-order valence-corrected chi connectivity index (χ3v) is 20.1. The predicted octanol–water partition coefficient (Wildman–Crippen LogP) is 12.1. The van der Waals surface area contributed by atoms with E-state index >= 15 is 0 Å². The van der Waals surface area contributed by atoms with E-state index in [4.69, 9.17) is 4.43 Å². The second-order valence-corrected chi connectivity index (χ2v) is 22.2. The highest BCUT2D eigenvalue weighted by Gasteiger charge is 2.59. The molecule has 0 N–H and O–H groups in total. The van der Waals surface area contributed by atoms with E-state index in [0.29, 0.717) is 39.5 Å². The van der Waals surface area contributed by atoms with Crippen LogP contribution in [0.2, 0.25) is 16.6 Å². The SMILES string of the molecule is Cc1cccc(C)c1/C=C/[C@@H](C)[C@H]1CC[C@H]2[C@@H]3CC=C4C[C@@H](O[Si](C(C)C)(C(C)C)C(C)C)CC[C@]4(C)[C@H]3CC[C@]12C. The fourth-order valence-electron chi connectivity index (χ4n) is 11.8. The van der Waals surface area contributed by atoms with Crippen molar-refractivity contribution in [1.29, 1.82) is 0 Å². The minimum atomic E-state index is -1.84. The molecule has 2 heteroatoms. The van der Waals surface area contributed by atoms with Crippen molar-refractivity contribution in [1.82, 2.24) is 0 Å². The van der Waals surface area contributed by atoms with E-state index in [9.17, 15) is 0 Å². The van der Waals surface area contributed by atoms with E-state index in [1.807, 2.05) is 0 Å². The van der Waals surface area contributed by atoms with Gasteiger partial charge in [-0.15, -0.1) is 0 Å². The number of aryl methyl sites for hydroxylation is 2. The molecular weight excluding hydrogens is 525 g/mol. The minimum Gasteiger partial charge on any atom is -0.413 e. The average molecular weight is 589 g/mol. The summed E-state index contributed by atoms with van der Waals surface area (Å²) in [6, 6.07) is 6.70. The van der Waals surface area contributed by atoms with Gasteiger partial charge in [-0.3, -0.25) is 0 Å². The topological polar surface area (TPSA) is 9.23 Å². The van der Waals surface area contributed by atoms with Crippen LogP contribution in [-0.4, -0.2) is 14.4 Å². The first-order chi connectivity index (χ1) is 19.8. The molecule has 1 nitrogen and oxygen atoms in total. The van der Waals surface area contributed by atoms with Crippen molar-refractivity contribution in [2.24, 2.45) is 40.4 Å². The van der Waals surface area contributed by atoms with E-state index in [2.05, 4.69) is 113 Å². The van der Waals surface area contributed by atoms with Gasteiger partial charge in [0.15, 0.2) is 0 Å². The Morgan fingerprint density at radius 2 is 1.48 bits per heavy atom. The number of benzene rings is 1. The number of allylic oxidation sites excluding steroid dienone is 2. The maximum absolute atomic E-state index is 7.38. The van der Waals surface area contributed by atoms with Gasteiger partial charge in [-0.1, -0.05) is 104 Å².